The number of nitrogens with one attached hydrogen (secondary N) is 2. The zero-order valence-electron chi connectivity index (χ0n) is 15.4. The van der Waals surface area contributed by atoms with E-state index in [9.17, 15) is 4.79 Å². The summed E-state index contributed by atoms with van der Waals surface area (Å²) in [5.74, 6) is 2.28. The summed E-state index contributed by atoms with van der Waals surface area (Å²) < 4.78 is 5.26. The number of rotatable bonds is 5. The van der Waals surface area contributed by atoms with Gasteiger partial charge in [0, 0.05) is 5.54 Å². The number of carbonyl (C=O) groups is 1. The summed E-state index contributed by atoms with van der Waals surface area (Å²) in [6.45, 7) is 2.19. The van der Waals surface area contributed by atoms with Gasteiger partial charge in [0.1, 0.15) is 0 Å². The van der Waals surface area contributed by atoms with Crippen molar-refractivity contribution in [3.63, 3.8) is 0 Å². The van der Waals surface area contributed by atoms with Crippen LogP contribution in [0.1, 0.15) is 57.1 Å². The van der Waals surface area contributed by atoms with Gasteiger partial charge in [-0.25, -0.2) is 4.79 Å². The zero-order chi connectivity index (χ0) is 18.1. The van der Waals surface area contributed by atoms with Crippen LogP contribution in [0.5, 0.6) is 0 Å². The average molecular weight is 373 g/mol. The van der Waals surface area contributed by atoms with E-state index in [0.29, 0.717) is 11.7 Å². The minimum Gasteiger partial charge on any atom is -0.464 e. The molecular formula is C21H28N2O2S. The highest BCUT2D eigenvalue weighted by Crippen LogP contribution is 2.55. The van der Waals surface area contributed by atoms with Crippen LogP contribution in [-0.4, -0.2) is 23.2 Å². The third-order valence-electron chi connectivity index (χ3n) is 6.35. The van der Waals surface area contributed by atoms with Crippen LogP contribution in [0.3, 0.4) is 0 Å². The van der Waals surface area contributed by atoms with Crippen LogP contribution in [-0.2, 0) is 9.53 Å². The molecule has 0 spiro atoms. The minimum absolute atomic E-state index is 0.134. The van der Waals surface area contributed by atoms with Crippen molar-refractivity contribution in [3.05, 3.63) is 35.9 Å². The molecule has 0 heterocycles. The molecule has 5 rings (SSSR count). The molecule has 5 heteroatoms. The van der Waals surface area contributed by atoms with Gasteiger partial charge < -0.3 is 15.4 Å². The first-order valence-electron chi connectivity index (χ1n) is 9.87. The SMILES string of the molecule is CCOC(=O)[C@H](NC(=S)NC12CC3CC(CC(C3)C1)C2)c1ccccc1. The predicted molar refractivity (Wildman–Crippen MR) is 106 cm³/mol. The number of esters is 1. The van der Waals surface area contributed by atoms with Crippen molar-refractivity contribution < 1.29 is 9.53 Å². The number of ether oxygens (including phenoxy) is 1. The molecule has 4 fully saturated rings. The summed E-state index contributed by atoms with van der Waals surface area (Å²) in [7, 11) is 0. The van der Waals surface area contributed by atoms with Gasteiger partial charge in [-0.2, -0.15) is 0 Å². The van der Waals surface area contributed by atoms with Crippen molar-refractivity contribution in [2.75, 3.05) is 6.61 Å². The third kappa shape index (κ3) is 3.59. The van der Waals surface area contributed by atoms with Gasteiger partial charge in [0.05, 0.1) is 6.61 Å². The van der Waals surface area contributed by atoms with Gasteiger partial charge in [0.2, 0.25) is 0 Å². The smallest absolute Gasteiger partial charge is 0.333 e. The maximum absolute atomic E-state index is 12.5. The number of benzene rings is 1. The molecule has 4 saturated carbocycles. The van der Waals surface area contributed by atoms with Crippen molar-refractivity contribution in [2.45, 2.75) is 57.0 Å². The molecule has 26 heavy (non-hydrogen) atoms. The zero-order valence-corrected chi connectivity index (χ0v) is 16.2. The number of hydrogen-bond donors (Lipinski definition) is 2. The maximum atomic E-state index is 12.5. The van der Waals surface area contributed by atoms with Crippen molar-refractivity contribution >= 4 is 23.3 Å². The molecule has 0 radical (unpaired) electrons. The molecule has 140 valence electrons. The van der Waals surface area contributed by atoms with Crippen LogP contribution in [0.25, 0.3) is 0 Å². The summed E-state index contributed by atoms with van der Waals surface area (Å²) in [5, 5.41) is 7.45. The van der Waals surface area contributed by atoms with Crippen LogP contribution in [0.4, 0.5) is 0 Å². The minimum atomic E-state index is -0.565. The van der Waals surface area contributed by atoms with Gasteiger partial charge in [0.15, 0.2) is 11.2 Å². The predicted octanol–water partition coefficient (Wildman–Crippen LogP) is 3.72. The van der Waals surface area contributed by atoms with Crippen LogP contribution in [0.15, 0.2) is 30.3 Å². The molecule has 0 aliphatic heterocycles. The maximum Gasteiger partial charge on any atom is 0.333 e. The first-order chi connectivity index (χ1) is 12.6. The Morgan fingerprint density at radius 1 is 1.15 bits per heavy atom. The molecule has 4 nitrogen and oxygen atoms in total. The number of hydrogen-bond acceptors (Lipinski definition) is 3. The largest absolute Gasteiger partial charge is 0.464 e. The molecule has 4 aliphatic carbocycles. The van der Waals surface area contributed by atoms with E-state index in [1.807, 2.05) is 37.3 Å². The number of thiocarbonyl (C=S) groups is 1. The van der Waals surface area contributed by atoms with Gasteiger partial charge >= 0.3 is 5.97 Å². The van der Waals surface area contributed by atoms with E-state index < -0.39 is 6.04 Å². The second-order valence-corrected chi connectivity index (χ2v) is 8.80. The highest BCUT2D eigenvalue weighted by Gasteiger charge is 2.51. The topological polar surface area (TPSA) is 50.4 Å². The highest BCUT2D eigenvalue weighted by molar-refractivity contribution is 7.80. The molecule has 2 N–H and O–H groups in total. The van der Waals surface area contributed by atoms with E-state index >= 15 is 0 Å². The first-order valence-corrected chi connectivity index (χ1v) is 10.3. The summed E-state index contributed by atoms with van der Waals surface area (Å²) in [6.07, 6.45) is 7.85. The molecule has 1 aromatic carbocycles. The molecular weight excluding hydrogens is 344 g/mol. The normalized spacial score (nSPS) is 32.7. The molecule has 1 atom stereocenters. The van der Waals surface area contributed by atoms with E-state index in [-0.39, 0.29) is 11.5 Å². The Hall–Kier alpha value is -1.62. The van der Waals surface area contributed by atoms with Gasteiger partial charge in [-0.15, -0.1) is 0 Å². The molecule has 4 aliphatic rings. The van der Waals surface area contributed by atoms with Gasteiger partial charge in [0.25, 0.3) is 0 Å². The molecule has 0 unspecified atom stereocenters. The van der Waals surface area contributed by atoms with Crippen molar-refractivity contribution in [2.24, 2.45) is 17.8 Å². The lowest BCUT2D eigenvalue weighted by atomic mass is 9.53. The molecule has 0 amide bonds. The summed E-state index contributed by atoms with van der Waals surface area (Å²) in [4.78, 5) is 12.5. The van der Waals surface area contributed by atoms with Crippen LogP contribution in [0, 0.1) is 17.8 Å². The van der Waals surface area contributed by atoms with E-state index in [4.69, 9.17) is 17.0 Å². The molecule has 0 saturated heterocycles. The Balaban J connectivity index is 1.46. The van der Waals surface area contributed by atoms with Crippen molar-refractivity contribution in [1.29, 1.82) is 0 Å². The van der Waals surface area contributed by atoms with Crippen LogP contribution < -0.4 is 10.6 Å². The average Bonchev–Trinajstić information content (AvgIpc) is 2.59. The van der Waals surface area contributed by atoms with E-state index in [1.54, 1.807) is 0 Å². The fourth-order valence-electron chi connectivity index (χ4n) is 5.82. The summed E-state index contributed by atoms with van der Waals surface area (Å²) in [5.41, 5.74) is 1.01. The summed E-state index contributed by atoms with van der Waals surface area (Å²) >= 11 is 5.64. The second-order valence-electron chi connectivity index (χ2n) is 8.39. The van der Waals surface area contributed by atoms with Gasteiger partial charge in [-0.05, 0) is 81.0 Å². The molecule has 1 aromatic rings. The lowest BCUT2D eigenvalue weighted by Gasteiger charge is -2.57. The Labute approximate surface area is 161 Å². The Bertz CT molecular complexity index is 641. The molecule has 0 aromatic heterocycles. The van der Waals surface area contributed by atoms with Crippen LogP contribution in [0.2, 0.25) is 0 Å². The second kappa shape index (κ2) is 7.18. The number of carbonyl (C=O) groups excluding carboxylic acids is 1. The standard InChI is InChI=1S/C21H28N2O2S/c1-2-25-19(24)18(17-6-4-3-5-7-17)22-20(26)23-21-11-14-8-15(12-21)10-16(9-14)13-21/h3-7,14-16,18H,2,8-13H2,1H3,(H2,22,23,26)/t14?,15?,16?,18-,21?/m1/s1. The van der Waals surface area contributed by atoms with Crippen molar-refractivity contribution in [3.8, 4) is 0 Å². The first kappa shape index (κ1) is 17.8. The van der Waals surface area contributed by atoms with E-state index in [2.05, 4.69) is 10.6 Å². The van der Waals surface area contributed by atoms with Gasteiger partial charge in [-0.1, -0.05) is 30.3 Å². The van der Waals surface area contributed by atoms with Gasteiger partial charge in [-0.3, -0.25) is 0 Å². The molecule has 4 bridgehead atoms. The van der Waals surface area contributed by atoms with Crippen molar-refractivity contribution in [1.82, 2.24) is 10.6 Å². The van der Waals surface area contributed by atoms with Crippen LogP contribution >= 0.6 is 12.2 Å². The quantitative estimate of drug-likeness (QED) is 0.609. The fraction of sp³-hybridized carbons (Fsp3) is 0.619. The Morgan fingerprint density at radius 2 is 1.73 bits per heavy atom. The van der Waals surface area contributed by atoms with E-state index in [0.717, 1.165) is 23.3 Å². The highest BCUT2D eigenvalue weighted by atomic mass is 32.1. The monoisotopic (exact) mass is 372 g/mol. The Kier molecular flexibility index (Phi) is 4.91. The lowest BCUT2D eigenvalue weighted by Crippen LogP contribution is -2.61. The fourth-order valence-corrected chi connectivity index (χ4v) is 6.16. The third-order valence-corrected chi connectivity index (χ3v) is 6.57. The lowest BCUT2D eigenvalue weighted by molar-refractivity contribution is -0.145. The Morgan fingerprint density at radius 3 is 2.27 bits per heavy atom. The summed E-state index contributed by atoms with van der Waals surface area (Å²) in [6, 6.07) is 9.10. The van der Waals surface area contributed by atoms with E-state index in [1.165, 1.54) is 38.5 Å².